The fourth-order valence-corrected chi connectivity index (χ4v) is 2.33. The number of allylic oxidation sites excluding steroid dienone is 2. The van der Waals surface area contributed by atoms with Gasteiger partial charge in [-0.1, -0.05) is 24.3 Å². The number of esters is 2. The summed E-state index contributed by atoms with van der Waals surface area (Å²) in [6, 6.07) is 1.33. The van der Waals surface area contributed by atoms with Crippen LogP contribution < -0.4 is 4.74 Å². The summed E-state index contributed by atoms with van der Waals surface area (Å²) in [5.41, 5.74) is 2.09. The molecule has 152 valence electrons. The molecule has 1 atom stereocenters. The molecule has 0 aliphatic heterocycles. The minimum Gasteiger partial charge on any atom is -0.508 e. The van der Waals surface area contributed by atoms with E-state index in [2.05, 4.69) is 6.58 Å². The lowest BCUT2D eigenvalue weighted by Crippen LogP contribution is -2.20. The van der Waals surface area contributed by atoms with Gasteiger partial charge in [0.1, 0.15) is 11.9 Å². The van der Waals surface area contributed by atoms with Crippen molar-refractivity contribution in [3.63, 3.8) is 0 Å². The number of hydrogen-bond donors (Lipinski definition) is 2. The maximum Gasteiger partial charge on any atom is 0.333 e. The van der Waals surface area contributed by atoms with Crippen LogP contribution in [0.15, 0.2) is 35.9 Å². The normalized spacial score (nSPS) is 12.1. The minimum absolute atomic E-state index is 0.131. The van der Waals surface area contributed by atoms with E-state index in [9.17, 15) is 19.8 Å². The van der Waals surface area contributed by atoms with Gasteiger partial charge in [0, 0.05) is 30.0 Å². The highest BCUT2D eigenvalue weighted by Gasteiger charge is 2.26. The number of phenols is 2. The first-order chi connectivity index (χ1) is 13.0. The second kappa shape index (κ2) is 9.78. The summed E-state index contributed by atoms with van der Waals surface area (Å²) in [7, 11) is 0. The van der Waals surface area contributed by atoms with E-state index in [0.717, 1.165) is 5.57 Å². The van der Waals surface area contributed by atoms with E-state index in [1.54, 1.807) is 19.9 Å². The smallest absolute Gasteiger partial charge is 0.333 e. The summed E-state index contributed by atoms with van der Waals surface area (Å²) in [5, 5.41) is 20.5. The predicted molar refractivity (Wildman–Crippen MR) is 108 cm³/mol. The van der Waals surface area contributed by atoms with Crippen molar-refractivity contribution < 1.29 is 29.3 Å². The lowest BCUT2D eigenvalue weighted by Gasteiger charge is -2.22. The standard InChI is InChI=1S/C22H28O6/c1-8-13(4)22(26)28-19(10-9-12(2)3)14(5)17-11-18(24)15(6)20(25)21(17)27-16(7)23/h8-9,11,19,24-25H,5,10H2,1-4,6-7H3/t19-/m0/s1. The second-order valence-electron chi connectivity index (χ2n) is 6.75. The van der Waals surface area contributed by atoms with Gasteiger partial charge in [0.25, 0.3) is 0 Å². The first-order valence-corrected chi connectivity index (χ1v) is 8.89. The van der Waals surface area contributed by atoms with Crippen molar-refractivity contribution in [1.29, 1.82) is 0 Å². The van der Waals surface area contributed by atoms with Crippen LogP contribution in [0.5, 0.6) is 17.2 Å². The van der Waals surface area contributed by atoms with Crippen LogP contribution in [0.1, 0.15) is 52.2 Å². The van der Waals surface area contributed by atoms with Gasteiger partial charge >= 0.3 is 11.9 Å². The number of phenolic OH excluding ortho intramolecular Hbond substituents is 2. The summed E-state index contributed by atoms with van der Waals surface area (Å²) in [5.74, 6) is -1.85. The third-order valence-corrected chi connectivity index (χ3v) is 4.21. The minimum atomic E-state index is -0.784. The molecule has 0 saturated carbocycles. The van der Waals surface area contributed by atoms with E-state index in [-0.39, 0.29) is 33.9 Å². The highest BCUT2D eigenvalue weighted by molar-refractivity contribution is 5.89. The van der Waals surface area contributed by atoms with E-state index < -0.39 is 18.0 Å². The Balaban J connectivity index is 3.46. The van der Waals surface area contributed by atoms with Gasteiger partial charge in [0.05, 0.1) is 0 Å². The fraction of sp³-hybridized carbons (Fsp3) is 0.364. The molecule has 2 N–H and O–H groups in total. The van der Waals surface area contributed by atoms with Crippen molar-refractivity contribution in [3.05, 3.63) is 47.1 Å². The van der Waals surface area contributed by atoms with Crippen LogP contribution in [0.3, 0.4) is 0 Å². The fourth-order valence-electron chi connectivity index (χ4n) is 2.33. The Morgan fingerprint density at radius 3 is 2.32 bits per heavy atom. The molecule has 0 bridgehead atoms. The average molecular weight is 388 g/mol. The molecule has 1 aromatic rings. The van der Waals surface area contributed by atoms with Gasteiger partial charge in [-0.2, -0.15) is 0 Å². The topological polar surface area (TPSA) is 93.1 Å². The van der Waals surface area contributed by atoms with E-state index in [1.165, 1.54) is 19.9 Å². The monoisotopic (exact) mass is 388 g/mol. The second-order valence-corrected chi connectivity index (χ2v) is 6.75. The summed E-state index contributed by atoms with van der Waals surface area (Å²) >= 11 is 0. The molecule has 0 radical (unpaired) electrons. The Hall–Kier alpha value is -3.02. The van der Waals surface area contributed by atoms with E-state index >= 15 is 0 Å². The lowest BCUT2D eigenvalue weighted by atomic mass is 9.96. The van der Waals surface area contributed by atoms with Crippen LogP contribution in [0.2, 0.25) is 0 Å². The number of carbonyl (C=O) groups excluding carboxylic acids is 2. The third-order valence-electron chi connectivity index (χ3n) is 4.21. The predicted octanol–water partition coefficient (Wildman–Crippen LogP) is 4.58. The molecule has 1 aromatic carbocycles. The molecule has 0 saturated heterocycles. The molecule has 6 heteroatoms. The molecular formula is C22H28O6. The summed E-state index contributed by atoms with van der Waals surface area (Å²) in [6.45, 7) is 13.8. The number of aromatic hydroxyl groups is 2. The van der Waals surface area contributed by atoms with Gasteiger partial charge < -0.3 is 19.7 Å². The van der Waals surface area contributed by atoms with Crippen LogP contribution in [0, 0.1) is 6.92 Å². The average Bonchev–Trinajstić information content (AvgIpc) is 2.63. The van der Waals surface area contributed by atoms with Crippen molar-refractivity contribution in [3.8, 4) is 17.2 Å². The van der Waals surface area contributed by atoms with Gasteiger partial charge in [-0.05, 0) is 46.3 Å². The summed E-state index contributed by atoms with van der Waals surface area (Å²) in [6.07, 6.45) is 3.07. The highest BCUT2D eigenvalue weighted by atomic mass is 16.5. The quantitative estimate of drug-likeness (QED) is 0.307. The summed E-state index contributed by atoms with van der Waals surface area (Å²) in [4.78, 5) is 23.8. The summed E-state index contributed by atoms with van der Waals surface area (Å²) < 4.78 is 10.7. The zero-order valence-electron chi connectivity index (χ0n) is 17.3. The van der Waals surface area contributed by atoms with Gasteiger partial charge in [-0.3, -0.25) is 4.79 Å². The van der Waals surface area contributed by atoms with Crippen molar-refractivity contribution >= 4 is 17.5 Å². The van der Waals surface area contributed by atoms with Gasteiger partial charge in [-0.15, -0.1) is 0 Å². The zero-order chi connectivity index (χ0) is 21.6. The molecule has 0 amide bonds. The molecule has 0 aromatic heterocycles. The SMILES string of the molecule is C=C(c1cc(O)c(C)c(O)c1OC(C)=O)[C@H](CC=C(C)C)OC(=O)C(C)=CC. The first kappa shape index (κ1) is 23.0. The van der Waals surface area contributed by atoms with Crippen molar-refractivity contribution in [1.82, 2.24) is 0 Å². The van der Waals surface area contributed by atoms with Crippen LogP contribution in [-0.4, -0.2) is 28.3 Å². The molecule has 28 heavy (non-hydrogen) atoms. The molecular weight excluding hydrogens is 360 g/mol. The molecule has 0 aliphatic carbocycles. The third kappa shape index (κ3) is 5.74. The maximum atomic E-state index is 12.3. The molecule has 1 rings (SSSR count). The van der Waals surface area contributed by atoms with Crippen LogP contribution >= 0.6 is 0 Å². The van der Waals surface area contributed by atoms with E-state index in [0.29, 0.717) is 12.0 Å². The zero-order valence-corrected chi connectivity index (χ0v) is 17.3. The molecule has 0 aliphatic rings. The Bertz CT molecular complexity index is 841. The van der Waals surface area contributed by atoms with Crippen LogP contribution in [0.25, 0.3) is 5.57 Å². The van der Waals surface area contributed by atoms with Crippen molar-refractivity contribution in [2.45, 2.75) is 54.1 Å². The number of rotatable bonds is 7. The van der Waals surface area contributed by atoms with Gasteiger partial charge in [0.2, 0.25) is 0 Å². The number of carbonyl (C=O) groups is 2. The number of hydrogen-bond acceptors (Lipinski definition) is 6. The van der Waals surface area contributed by atoms with Crippen molar-refractivity contribution in [2.75, 3.05) is 0 Å². The maximum absolute atomic E-state index is 12.3. The Morgan fingerprint density at radius 1 is 1.21 bits per heavy atom. The number of benzene rings is 1. The molecule has 0 heterocycles. The van der Waals surface area contributed by atoms with Crippen LogP contribution in [-0.2, 0) is 14.3 Å². The molecule has 0 spiro atoms. The van der Waals surface area contributed by atoms with Crippen LogP contribution in [0.4, 0.5) is 0 Å². The molecule has 0 fully saturated rings. The highest BCUT2D eigenvalue weighted by Crippen LogP contribution is 2.43. The number of ether oxygens (including phenoxy) is 2. The van der Waals surface area contributed by atoms with Crippen molar-refractivity contribution in [2.24, 2.45) is 0 Å². The Labute approximate surface area is 165 Å². The first-order valence-electron chi connectivity index (χ1n) is 8.89. The van der Waals surface area contributed by atoms with Gasteiger partial charge in [0.15, 0.2) is 11.5 Å². The molecule has 6 nitrogen and oxygen atoms in total. The Kier molecular flexibility index (Phi) is 8.04. The molecule has 0 unspecified atom stereocenters. The lowest BCUT2D eigenvalue weighted by molar-refractivity contribution is -0.141. The van der Waals surface area contributed by atoms with Gasteiger partial charge in [-0.25, -0.2) is 4.79 Å². The van der Waals surface area contributed by atoms with E-state index in [1.807, 2.05) is 19.9 Å². The Morgan fingerprint density at radius 2 is 1.82 bits per heavy atom. The largest absolute Gasteiger partial charge is 0.508 e. The van der Waals surface area contributed by atoms with E-state index in [4.69, 9.17) is 9.47 Å².